The Bertz CT molecular complexity index is 681. The van der Waals surface area contributed by atoms with Crippen LogP contribution in [0.25, 0.3) is 0 Å². The van der Waals surface area contributed by atoms with E-state index in [2.05, 4.69) is 21.9 Å². The molecule has 1 aliphatic heterocycles. The number of ketones is 1. The number of amides is 4. The van der Waals surface area contributed by atoms with Gasteiger partial charge in [-0.3, -0.25) is 14.4 Å². The van der Waals surface area contributed by atoms with Crippen LogP contribution >= 0.6 is 0 Å². The maximum absolute atomic E-state index is 13.4. The van der Waals surface area contributed by atoms with E-state index in [1.807, 2.05) is 0 Å². The molecular formula is C22H34N4O4. The van der Waals surface area contributed by atoms with Gasteiger partial charge in [0.2, 0.25) is 11.8 Å². The van der Waals surface area contributed by atoms with Crippen LogP contribution in [0.4, 0.5) is 4.79 Å². The van der Waals surface area contributed by atoms with Gasteiger partial charge in [-0.15, -0.1) is 12.3 Å². The van der Waals surface area contributed by atoms with Gasteiger partial charge in [0.05, 0.1) is 6.04 Å². The molecule has 1 saturated heterocycles. The van der Waals surface area contributed by atoms with E-state index in [4.69, 9.17) is 6.42 Å². The van der Waals surface area contributed by atoms with Gasteiger partial charge in [0.25, 0.3) is 0 Å². The maximum Gasteiger partial charge on any atom is 0.315 e. The summed E-state index contributed by atoms with van der Waals surface area (Å²) in [7, 11) is 1.52. The fraction of sp³-hybridized carbons (Fsp3) is 0.727. The molecule has 2 fully saturated rings. The first-order chi connectivity index (χ1) is 14.4. The van der Waals surface area contributed by atoms with Crippen LogP contribution in [-0.4, -0.2) is 60.2 Å². The number of urea groups is 1. The predicted molar refractivity (Wildman–Crippen MR) is 113 cm³/mol. The second kappa shape index (κ2) is 11.6. The van der Waals surface area contributed by atoms with Gasteiger partial charge < -0.3 is 20.9 Å². The fourth-order valence-electron chi connectivity index (χ4n) is 4.42. The van der Waals surface area contributed by atoms with Gasteiger partial charge in [0, 0.05) is 20.0 Å². The molecule has 0 aromatic heterocycles. The van der Waals surface area contributed by atoms with Crippen LogP contribution in [0.2, 0.25) is 0 Å². The molecule has 2 aliphatic rings. The number of Topliss-reactive ketones (excluding diaryl/α,β-unsaturated/α-hetero) is 1. The average molecular weight is 419 g/mol. The lowest BCUT2D eigenvalue weighted by Gasteiger charge is -2.34. The molecule has 1 heterocycles. The molecule has 3 atom stereocenters. The quantitative estimate of drug-likeness (QED) is 0.517. The SMILES string of the molecule is C#CCCC(NC(=O)C1CCCN1C(=O)C(NC(=O)NC)C1CCCCC1)C(C)=O. The number of hydrogen-bond acceptors (Lipinski definition) is 4. The van der Waals surface area contributed by atoms with Crippen molar-refractivity contribution in [3.05, 3.63) is 0 Å². The monoisotopic (exact) mass is 418 g/mol. The van der Waals surface area contributed by atoms with E-state index >= 15 is 0 Å². The summed E-state index contributed by atoms with van der Waals surface area (Å²) in [6.45, 7) is 1.88. The maximum atomic E-state index is 13.4. The number of nitrogens with one attached hydrogen (secondary N) is 3. The average Bonchev–Trinajstić information content (AvgIpc) is 3.24. The van der Waals surface area contributed by atoms with Crippen LogP contribution in [-0.2, 0) is 14.4 Å². The lowest BCUT2D eigenvalue weighted by atomic mass is 9.83. The fourth-order valence-corrected chi connectivity index (χ4v) is 4.42. The minimum atomic E-state index is -0.649. The number of nitrogens with zero attached hydrogens (tertiary/aromatic N) is 1. The predicted octanol–water partition coefficient (Wildman–Crippen LogP) is 1.34. The number of likely N-dealkylation sites (tertiary alicyclic amines) is 1. The second-order valence-electron chi connectivity index (χ2n) is 8.20. The first kappa shape index (κ1) is 23.7. The Morgan fingerprint density at radius 2 is 1.77 bits per heavy atom. The van der Waals surface area contributed by atoms with Crippen molar-refractivity contribution in [3.8, 4) is 12.3 Å². The van der Waals surface area contributed by atoms with Gasteiger partial charge in [-0.05, 0) is 44.9 Å². The lowest BCUT2D eigenvalue weighted by molar-refractivity contribution is -0.141. The van der Waals surface area contributed by atoms with Crippen molar-refractivity contribution in [2.24, 2.45) is 5.92 Å². The topological polar surface area (TPSA) is 108 Å². The molecule has 8 heteroatoms. The van der Waals surface area contributed by atoms with Crippen LogP contribution in [0.15, 0.2) is 0 Å². The molecule has 0 radical (unpaired) electrons. The van der Waals surface area contributed by atoms with Crippen LogP contribution < -0.4 is 16.0 Å². The molecule has 30 heavy (non-hydrogen) atoms. The first-order valence-corrected chi connectivity index (χ1v) is 10.9. The molecule has 1 saturated carbocycles. The molecule has 0 aromatic rings. The first-order valence-electron chi connectivity index (χ1n) is 10.9. The molecule has 4 amide bonds. The van der Waals surface area contributed by atoms with Crippen molar-refractivity contribution in [2.45, 2.75) is 82.8 Å². The van der Waals surface area contributed by atoms with E-state index < -0.39 is 24.2 Å². The highest BCUT2D eigenvalue weighted by Gasteiger charge is 2.41. The van der Waals surface area contributed by atoms with Crippen molar-refractivity contribution in [2.75, 3.05) is 13.6 Å². The number of terminal acetylenes is 1. The van der Waals surface area contributed by atoms with Crippen molar-refractivity contribution >= 4 is 23.6 Å². The molecular weight excluding hydrogens is 384 g/mol. The van der Waals surface area contributed by atoms with Crippen LogP contribution in [0, 0.1) is 18.3 Å². The number of carbonyl (C=O) groups is 4. The molecule has 0 spiro atoms. The van der Waals surface area contributed by atoms with E-state index in [9.17, 15) is 19.2 Å². The molecule has 8 nitrogen and oxygen atoms in total. The Kier molecular flexibility index (Phi) is 9.15. The van der Waals surface area contributed by atoms with E-state index in [-0.39, 0.29) is 23.5 Å². The van der Waals surface area contributed by atoms with Crippen molar-refractivity contribution in [1.82, 2.24) is 20.9 Å². The summed E-state index contributed by atoms with van der Waals surface area (Å²) in [6.07, 6.45) is 12.2. The smallest absolute Gasteiger partial charge is 0.315 e. The molecule has 3 unspecified atom stereocenters. The highest BCUT2D eigenvalue weighted by atomic mass is 16.2. The van der Waals surface area contributed by atoms with Gasteiger partial charge in [-0.1, -0.05) is 19.3 Å². The normalized spacial score (nSPS) is 21.2. The largest absolute Gasteiger partial charge is 0.344 e. The molecule has 3 N–H and O–H groups in total. The third kappa shape index (κ3) is 6.22. The Hall–Kier alpha value is -2.56. The molecule has 2 rings (SSSR count). The zero-order valence-corrected chi connectivity index (χ0v) is 18.0. The number of hydrogen-bond donors (Lipinski definition) is 3. The van der Waals surface area contributed by atoms with Crippen LogP contribution in [0.1, 0.15) is 64.7 Å². The lowest BCUT2D eigenvalue weighted by Crippen LogP contribution is -2.58. The van der Waals surface area contributed by atoms with Gasteiger partial charge >= 0.3 is 6.03 Å². The number of rotatable bonds is 8. The van der Waals surface area contributed by atoms with Gasteiger partial charge in [-0.25, -0.2) is 4.79 Å². The van der Waals surface area contributed by atoms with Crippen molar-refractivity contribution in [3.63, 3.8) is 0 Å². The molecule has 1 aliphatic carbocycles. The summed E-state index contributed by atoms with van der Waals surface area (Å²) < 4.78 is 0. The Morgan fingerprint density at radius 3 is 2.37 bits per heavy atom. The van der Waals surface area contributed by atoms with Crippen LogP contribution in [0.5, 0.6) is 0 Å². The van der Waals surface area contributed by atoms with Gasteiger partial charge in [-0.2, -0.15) is 0 Å². The summed E-state index contributed by atoms with van der Waals surface area (Å²) in [5.74, 6) is 1.84. The summed E-state index contributed by atoms with van der Waals surface area (Å²) in [5, 5.41) is 8.10. The second-order valence-corrected chi connectivity index (χ2v) is 8.20. The van der Waals surface area contributed by atoms with E-state index in [1.165, 1.54) is 14.0 Å². The zero-order chi connectivity index (χ0) is 22.1. The van der Waals surface area contributed by atoms with Crippen molar-refractivity contribution in [1.29, 1.82) is 0 Å². The van der Waals surface area contributed by atoms with Crippen molar-refractivity contribution < 1.29 is 19.2 Å². The summed E-state index contributed by atoms with van der Waals surface area (Å²) >= 11 is 0. The summed E-state index contributed by atoms with van der Waals surface area (Å²) in [5.41, 5.74) is 0. The van der Waals surface area contributed by atoms with E-state index in [0.717, 1.165) is 32.1 Å². The Morgan fingerprint density at radius 1 is 1.07 bits per heavy atom. The minimum Gasteiger partial charge on any atom is -0.344 e. The molecule has 0 bridgehead atoms. The van der Waals surface area contributed by atoms with E-state index in [1.54, 1.807) is 4.90 Å². The van der Waals surface area contributed by atoms with Gasteiger partial charge in [0.15, 0.2) is 5.78 Å². The number of carbonyl (C=O) groups excluding carboxylic acids is 4. The standard InChI is InChI=1S/C22H34N4O4/c1-4-5-12-17(15(2)27)24-20(28)18-13-9-14-26(18)21(29)19(25-22(30)23-3)16-10-7-6-8-11-16/h1,16-19H,5-14H2,2-3H3,(H,24,28)(H2,23,25,30). The third-order valence-corrected chi connectivity index (χ3v) is 6.12. The third-order valence-electron chi connectivity index (χ3n) is 6.12. The Balaban J connectivity index is 2.12. The zero-order valence-electron chi connectivity index (χ0n) is 18.0. The van der Waals surface area contributed by atoms with Crippen LogP contribution in [0.3, 0.4) is 0 Å². The van der Waals surface area contributed by atoms with Gasteiger partial charge in [0.1, 0.15) is 12.1 Å². The van der Waals surface area contributed by atoms with E-state index in [0.29, 0.717) is 32.2 Å². The summed E-state index contributed by atoms with van der Waals surface area (Å²) in [4.78, 5) is 51.8. The highest BCUT2D eigenvalue weighted by molar-refractivity contribution is 5.94. The molecule has 166 valence electrons. The highest BCUT2D eigenvalue weighted by Crippen LogP contribution is 2.29. The Labute approximate surface area is 178 Å². The summed E-state index contributed by atoms with van der Waals surface area (Å²) in [6, 6.07) is -2.33. The minimum absolute atomic E-state index is 0.0634. The molecule has 0 aromatic carbocycles.